The minimum Gasteiger partial charge on any atom is -0.338 e. The molecule has 1 N–H and O–H groups in total. The maximum Gasteiger partial charge on any atom is 0.253 e. The number of carbonyl (C=O) groups is 2. The molecule has 1 unspecified atom stereocenters. The average Bonchev–Trinajstić information content (AvgIpc) is 3.01. The summed E-state index contributed by atoms with van der Waals surface area (Å²) in [5, 5.41) is 3.48. The zero-order chi connectivity index (χ0) is 18.7. The number of aryl methyl sites for hydroxylation is 1. The van der Waals surface area contributed by atoms with Crippen LogP contribution in [0.3, 0.4) is 0 Å². The number of aromatic nitrogens is 1. The number of nitrogens with zero attached hydrogens (tertiary/aromatic N) is 2. The predicted molar refractivity (Wildman–Crippen MR) is 102 cm³/mol. The molecule has 3 rings (SSSR count). The minimum atomic E-state index is -0.374. The minimum absolute atomic E-state index is 0.108. The van der Waals surface area contributed by atoms with E-state index >= 15 is 0 Å². The smallest absolute Gasteiger partial charge is 0.253 e. The molecule has 0 radical (unpaired) electrons. The van der Waals surface area contributed by atoms with E-state index in [1.54, 1.807) is 16.7 Å². The summed E-state index contributed by atoms with van der Waals surface area (Å²) in [6, 6.07) is 5.50. The van der Waals surface area contributed by atoms with Crippen LogP contribution in [0.5, 0.6) is 0 Å². The number of halogens is 1. The van der Waals surface area contributed by atoms with Crippen molar-refractivity contribution in [2.24, 2.45) is 5.92 Å². The molecule has 1 fully saturated rings. The van der Waals surface area contributed by atoms with Crippen molar-refractivity contribution in [3.63, 3.8) is 0 Å². The number of benzene rings is 1. The van der Waals surface area contributed by atoms with E-state index in [0.29, 0.717) is 23.8 Å². The monoisotopic (exact) mass is 393 g/mol. The second kappa shape index (κ2) is 8.18. The maximum absolute atomic E-state index is 13.0. The summed E-state index contributed by atoms with van der Waals surface area (Å²) < 4.78 is 14.1. The van der Waals surface area contributed by atoms with Gasteiger partial charge in [0, 0.05) is 18.7 Å². The Bertz CT molecular complexity index is 807. The van der Waals surface area contributed by atoms with Crippen molar-refractivity contribution in [1.82, 2.24) is 9.88 Å². The van der Waals surface area contributed by atoms with Crippen molar-refractivity contribution in [3.05, 3.63) is 41.3 Å². The number of carbonyl (C=O) groups excluding carboxylic acids is 2. The zero-order valence-corrected chi connectivity index (χ0v) is 16.3. The molecule has 1 aliphatic heterocycles. The molecule has 2 amide bonds. The highest BCUT2D eigenvalue weighted by molar-refractivity contribution is 8.00. The second-order valence-corrected chi connectivity index (χ2v) is 8.26. The van der Waals surface area contributed by atoms with Crippen LogP contribution < -0.4 is 5.32 Å². The normalized spacial score (nSPS) is 17.2. The lowest BCUT2D eigenvalue weighted by Gasteiger charge is -2.32. The molecule has 5 nitrogen and oxygen atoms in total. The first-order chi connectivity index (χ1) is 12.5. The molecule has 138 valence electrons. The molecule has 0 saturated carbocycles. The average molecular weight is 394 g/mol. The van der Waals surface area contributed by atoms with Gasteiger partial charge in [-0.2, -0.15) is 0 Å². The third-order valence-corrected chi connectivity index (χ3v) is 6.62. The SMILES string of the molecule is CSc1sc(NC(=O)C2CCCN(C(=O)c3ccc(F)cc3)C2)nc1C. The van der Waals surface area contributed by atoms with Crippen molar-refractivity contribution < 1.29 is 14.0 Å². The van der Waals surface area contributed by atoms with Crippen LogP contribution in [0.15, 0.2) is 28.5 Å². The van der Waals surface area contributed by atoms with Gasteiger partial charge in [0.25, 0.3) is 5.91 Å². The van der Waals surface area contributed by atoms with Crippen LogP contribution >= 0.6 is 23.1 Å². The van der Waals surface area contributed by atoms with Gasteiger partial charge in [0.05, 0.1) is 15.8 Å². The lowest BCUT2D eigenvalue weighted by Crippen LogP contribution is -2.43. The number of likely N-dealkylation sites (tertiary alicyclic amines) is 1. The van der Waals surface area contributed by atoms with E-state index in [-0.39, 0.29) is 23.5 Å². The Morgan fingerprint density at radius 2 is 2.08 bits per heavy atom. The number of thioether (sulfide) groups is 1. The molecule has 0 bridgehead atoms. The summed E-state index contributed by atoms with van der Waals surface area (Å²) in [7, 11) is 0. The van der Waals surface area contributed by atoms with E-state index in [1.165, 1.54) is 35.6 Å². The molecule has 2 heterocycles. The number of thiazole rings is 1. The molecule has 1 aromatic heterocycles. The van der Waals surface area contributed by atoms with E-state index in [0.717, 1.165) is 22.7 Å². The highest BCUT2D eigenvalue weighted by Crippen LogP contribution is 2.31. The number of anilines is 1. The topological polar surface area (TPSA) is 62.3 Å². The van der Waals surface area contributed by atoms with Gasteiger partial charge in [-0.05, 0) is 50.3 Å². The Kier molecular flexibility index (Phi) is 5.93. The molecule has 1 aromatic carbocycles. The Morgan fingerprint density at radius 1 is 1.35 bits per heavy atom. The molecule has 26 heavy (non-hydrogen) atoms. The molecular weight excluding hydrogens is 373 g/mol. The first kappa shape index (κ1) is 18.8. The molecule has 0 spiro atoms. The second-order valence-electron chi connectivity index (χ2n) is 6.18. The fraction of sp³-hybridized carbons (Fsp3) is 0.389. The lowest BCUT2D eigenvalue weighted by atomic mass is 9.96. The molecule has 1 aliphatic rings. The summed E-state index contributed by atoms with van der Waals surface area (Å²) in [6.07, 6.45) is 3.48. The third-order valence-electron chi connectivity index (χ3n) is 4.34. The largest absolute Gasteiger partial charge is 0.338 e. The maximum atomic E-state index is 13.0. The van der Waals surface area contributed by atoms with Gasteiger partial charge in [-0.15, -0.1) is 11.8 Å². The van der Waals surface area contributed by atoms with Crippen molar-refractivity contribution in [2.75, 3.05) is 24.7 Å². The fourth-order valence-corrected chi connectivity index (χ4v) is 4.60. The van der Waals surface area contributed by atoms with Gasteiger partial charge in [0.15, 0.2) is 5.13 Å². The van der Waals surface area contributed by atoms with Gasteiger partial charge in [0.2, 0.25) is 5.91 Å². The Balaban J connectivity index is 1.64. The van der Waals surface area contributed by atoms with Crippen molar-refractivity contribution in [3.8, 4) is 0 Å². The number of hydrogen-bond donors (Lipinski definition) is 1. The summed E-state index contributed by atoms with van der Waals surface area (Å²) >= 11 is 3.07. The van der Waals surface area contributed by atoms with E-state index in [4.69, 9.17) is 0 Å². The van der Waals surface area contributed by atoms with E-state index in [1.807, 2.05) is 13.2 Å². The number of rotatable bonds is 4. The molecule has 8 heteroatoms. The van der Waals surface area contributed by atoms with E-state index in [9.17, 15) is 14.0 Å². The van der Waals surface area contributed by atoms with Crippen LogP contribution in [0.25, 0.3) is 0 Å². The molecular formula is C18H20FN3O2S2. The first-order valence-electron chi connectivity index (χ1n) is 8.35. The highest BCUT2D eigenvalue weighted by atomic mass is 32.2. The quantitative estimate of drug-likeness (QED) is 0.803. The van der Waals surface area contributed by atoms with Gasteiger partial charge in [-0.25, -0.2) is 9.37 Å². The third kappa shape index (κ3) is 4.24. The standard InChI is InChI=1S/C18H20FN3O2S2/c1-11-17(25-2)26-18(20-11)21-15(23)13-4-3-9-22(10-13)16(24)12-5-7-14(19)8-6-12/h5-8,13H,3-4,9-10H2,1-2H3,(H,20,21,23). The van der Waals surface area contributed by atoms with E-state index < -0.39 is 0 Å². The molecule has 1 saturated heterocycles. The summed E-state index contributed by atoms with van der Waals surface area (Å²) in [4.78, 5) is 31.2. The van der Waals surface area contributed by atoms with Gasteiger partial charge in [-0.1, -0.05) is 11.3 Å². The lowest BCUT2D eigenvalue weighted by molar-refractivity contribution is -0.121. The van der Waals surface area contributed by atoms with Gasteiger partial charge < -0.3 is 10.2 Å². The first-order valence-corrected chi connectivity index (χ1v) is 10.4. The Hall–Kier alpha value is -1.93. The fourth-order valence-electron chi connectivity index (χ4n) is 2.98. The molecule has 0 aliphatic carbocycles. The Labute approximate surface area is 160 Å². The van der Waals surface area contributed by atoms with E-state index in [2.05, 4.69) is 10.3 Å². The van der Waals surface area contributed by atoms with Crippen LogP contribution in [-0.2, 0) is 4.79 Å². The van der Waals surface area contributed by atoms with Crippen molar-refractivity contribution in [2.45, 2.75) is 24.0 Å². The van der Waals surface area contributed by atoms with Crippen LogP contribution in [0.1, 0.15) is 28.9 Å². The van der Waals surface area contributed by atoms with Gasteiger partial charge >= 0.3 is 0 Å². The van der Waals surface area contributed by atoms with Crippen LogP contribution in [-0.4, -0.2) is 41.0 Å². The van der Waals surface area contributed by atoms with Crippen LogP contribution in [0.4, 0.5) is 9.52 Å². The van der Waals surface area contributed by atoms with Gasteiger partial charge in [0.1, 0.15) is 5.82 Å². The predicted octanol–water partition coefficient (Wildman–Crippen LogP) is 3.80. The highest BCUT2D eigenvalue weighted by Gasteiger charge is 2.29. The van der Waals surface area contributed by atoms with Crippen LogP contribution in [0.2, 0.25) is 0 Å². The molecule has 1 atom stereocenters. The van der Waals surface area contributed by atoms with Crippen molar-refractivity contribution >= 4 is 40.0 Å². The number of hydrogen-bond acceptors (Lipinski definition) is 5. The zero-order valence-electron chi connectivity index (χ0n) is 14.6. The molecule has 2 aromatic rings. The number of amides is 2. The van der Waals surface area contributed by atoms with Gasteiger partial charge in [-0.3, -0.25) is 9.59 Å². The number of nitrogens with one attached hydrogen (secondary N) is 1. The summed E-state index contributed by atoms with van der Waals surface area (Å²) in [5.41, 5.74) is 1.35. The summed E-state index contributed by atoms with van der Waals surface area (Å²) in [5.74, 6) is -0.920. The van der Waals surface area contributed by atoms with Crippen molar-refractivity contribution in [1.29, 1.82) is 0 Å². The number of piperidine rings is 1. The Morgan fingerprint density at radius 3 is 2.73 bits per heavy atom. The summed E-state index contributed by atoms with van der Waals surface area (Å²) in [6.45, 7) is 2.89. The van der Waals surface area contributed by atoms with Crippen LogP contribution in [0, 0.1) is 18.7 Å².